The first-order chi connectivity index (χ1) is 12.4. The second kappa shape index (κ2) is 8.99. The van der Waals surface area contributed by atoms with E-state index in [1.54, 1.807) is 19.2 Å². The van der Waals surface area contributed by atoms with E-state index < -0.39 is 0 Å². The van der Waals surface area contributed by atoms with Crippen LogP contribution in [0.25, 0.3) is 0 Å². The van der Waals surface area contributed by atoms with Crippen LogP contribution in [0.4, 0.5) is 20.6 Å². The van der Waals surface area contributed by atoms with E-state index in [-0.39, 0.29) is 23.7 Å². The normalized spacial score (nSPS) is 11.5. The minimum absolute atomic E-state index is 0.0234. The van der Waals surface area contributed by atoms with Gasteiger partial charge in [-0.3, -0.25) is 9.69 Å². The predicted molar refractivity (Wildman–Crippen MR) is 102 cm³/mol. The molecule has 26 heavy (non-hydrogen) atoms. The summed E-state index contributed by atoms with van der Waals surface area (Å²) in [5.41, 5.74) is 2.17. The maximum atomic E-state index is 13.0. The van der Waals surface area contributed by atoms with Crippen molar-refractivity contribution in [2.75, 3.05) is 17.3 Å². The van der Waals surface area contributed by atoms with Crippen molar-refractivity contribution in [1.82, 2.24) is 5.32 Å². The quantitative estimate of drug-likeness (QED) is 0.816. The minimum Gasteiger partial charge on any atom is -0.334 e. The van der Waals surface area contributed by atoms with Crippen LogP contribution in [0.1, 0.15) is 25.8 Å². The smallest absolute Gasteiger partial charge is 0.321 e. The fourth-order valence-electron chi connectivity index (χ4n) is 2.29. The fraction of sp³-hybridized carbons (Fsp3) is 0.300. The summed E-state index contributed by atoms with van der Waals surface area (Å²) < 4.78 is 13.0. The van der Waals surface area contributed by atoms with Crippen LogP contribution in [0.5, 0.6) is 0 Å². The lowest BCUT2D eigenvalue weighted by molar-refractivity contribution is -0.119. The van der Waals surface area contributed by atoms with Gasteiger partial charge in [0.1, 0.15) is 5.82 Å². The summed E-state index contributed by atoms with van der Waals surface area (Å²) in [5.74, 6) is -0.425. The van der Waals surface area contributed by atoms with Crippen LogP contribution in [0.15, 0.2) is 48.5 Å². The van der Waals surface area contributed by atoms with Gasteiger partial charge in [-0.2, -0.15) is 0 Å². The van der Waals surface area contributed by atoms with Crippen molar-refractivity contribution in [3.05, 3.63) is 59.9 Å². The SMILES string of the molecule is CC[C@H](C)C(=O)Nc1cccc(CNC(=O)N(C)c2ccc(F)cc2)c1. The minimum atomic E-state index is -0.348. The summed E-state index contributed by atoms with van der Waals surface area (Å²) >= 11 is 0. The lowest BCUT2D eigenvalue weighted by Crippen LogP contribution is -2.36. The number of carbonyl (C=O) groups is 2. The molecule has 2 aromatic carbocycles. The Morgan fingerprint density at radius 2 is 1.85 bits per heavy atom. The van der Waals surface area contributed by atoms with Gasteiger partial charge in [-0.05, 0) is 48.4 Å². The predicted octanol–water partition coefficient (Wildman–Crippen LogP) is 4.16. The van der Waals surface area contributed by atoms with E-state index in [9.17, 15) is 14.0 Å². The highest BCUT2D eigenvalue weighted by Crippen LogP contribution is 2.15. The van der Waals surface area contributed by atoms with E-state index in [2.05, 4.69) is 10.6 Å². The van der Waals surface area contributed by atoms with E-state index in [1.165, 1.54) is 17.0 Å². The van der Waals surface area contributed by atoms with Crippen LogP contribution < -0.4 is 15.5 Å². The largest absolute Gasteiger partial charge is 0.334 e. The van der Waals surface area contributed by atoms with Gasteiger partial charge in [0.15, 0.2) is 0 Å². The average molecular weight is 357 g/mol. The third-order valence-corrected chi connectivity index (χ3v) is 4.22. The third kappa shape index (κ3) is 5.31. The molecule has 0 aliphatic rings. The zero-order valence-corrected chi connectivity index (χ0v) is 15.3. The molecule has 0 unspecified atom stereocenters. The van der Waals surface area contributed by atoms with Crippen molar-refractivity contribution in [1.29, 1.82) is 0 Å². The Bertz CT molecular complexity index is 762. The zero-order chi connectivity index (χ0) is 19.1. The molecular formula is C20H24FN3O2. The van der Waals surface area contributed by atoms with Crippen LogP contribution in [0.2, 0.25) is 0 Å². The highest BCUT2D eigenvalue weighted by Gasteiger charge is 2.12. The first-order valence-electron chi connectivity index (χ1n) is 8.57. The summed E-state index contributed by atoms with van der Waals surface area (Å²) in [6, 6.07) is 12.7. The summed E-state index contributed by atoms with van der Waals surface area (Å²) in [7, 11) is 1.62. The molecule has 2 aromatic rings. The highest BCUT2D eigenvalue weighted by atomic mass is 19.1. The van der Waals surface area contributed by atoms with Crippen LogP contribution in [0.3, 0.4) is 0 Å². The first kappa shape index (κ1) is 19.4. The van der Waals surface area contributed by atoms with E-state index in [1.807, 2.05) is 38.1 Å². The van der Waals surface area contributed by atoms with E-state index in [0.717, 1.165) is 12.0 Å². The van der Waals surface area contributed by atoms with Crippen molar-refractivity contribution in [3.8, 4) is 0 Å². The van der Waals surface area contributed by atoms with E-state index in [0.29, 0.717) is 17.9 Å². The van der Waals surface area contributed by atoms with Crippen LogP contribution in [-0.4, -0.2) is 19.0 Å². The molecule has 0 radical (unpaired) electrons. The Kier molecular flexibility index (Phi) is 6.72. The number of benzene rings is 2. The molecule has 138 valence electrons. The van der Waals surface area contributed by atoms with Gasteiger partial charge in [-0.15, -0.1) is 0 Å². The van der Waals surface area contributed by atoms with E-state index >= 15 is 0 Å². The lowest BCUT2D eigenvalue weighted by Gasteiger charge is -2.18. The number of nitrogens with one attached hydrogen (secondary N) is 2. The number of carbonyl (C=O) groups excluding carboxylic acids is 2. The molecule has 0 saturated carbocycles. The number of hydrogen-bond donors (Lipinski definition) is 2. The van der Waals surface area contributed by atoms with Crippen molar-refractivity contribution >= 4 is 23.3 Å². The third-order valence-electron chi connectivity index (χ3n) is 4.22. The maximum absolute atomic E-state index is 13.0. The lowest BCUT2D eigenvalue weighted by atomic mass is 10.1. The highest BCUT2D eigenvalue weighted by molar-refractivity contribution is 5.92. The molecular weight excluding hydrogens is 333 g/mol. The Labute approximate surface area is 153 Å². The second-order valence-electron chi connectivity index (χ2n) is 6.19. The molecule has 2 rings (SSSR count). The summed E-state index contributed by atoms with van der Waals surface area (Å²) in [6.07, 6.45) is 0.775. The van der Waals surface area contributed by atoms with Gasteiger partial charge in [-0.1, -0.05) is 26.0 Å². The molecule has 0 aromatic heterocycles. The summed E-state index contributed by atoms with van der Waals surface area (Å²) in [6.45, 7) is 4.16. The molecule has 6 heteroatoms. The standard InChI is InChI=1S/C20H24FN3O2/c1-4-14(2)19(25)23-17-7-5-6-15(12-17)13-22-20(26)24(3)18-10-8-16(21)9-11-18/h5-12,14H,4,13H2,1-3H3,(H,22,26)(H,23,25)/t14-/m0/s1. The molecule has 0 aliphatic heterocycles. The molecule has 0 fully saturated rings. The van der Waals surface area contributed by atoms with Gasteiger partial charge < -0.3 is 10.6 Å². The average Bonchev–Trinajstić information content (AvgIpc) is 2.65. The van der Waals surface area contributed by atoms with Gasteiger partial charge in [0, 0.05) is 30.9 Å². The molecule has 3 amide bonds. The summed E-state index contributed by atoms with van der Waals surface area (Å²) in [5, 5.41) is 5.68. The number of rotatable bonds is 6. The van der Waals surface area contributed by atoms with Crippen molar-refractivity contribution in [3.63, 3.8) is 0 Å². The number of amides is 3. The molecule has 5 nitrogen and oxygen atoms in total. The monoisotopic (exact) mass is 357 g/mol. The topological polar surface area (TPSA) is 61.4 Å². The zero-order valence-electron chi connectivity index (χ0n) is 15.3. The number of nitrogens with zero attached hydrogens (tertiary/aromatic N) is 1. The Morgan fingerprint density at radius 3 is 2.50 bits per heavy atom. The second-order valence-corrected chi connectivity index (χ2v) is 6.19. The van der Waals surface area contributed by atoms with Gasteiger partial charge in [0.05, 0.1) is 0 Å². The van der Waals surface area contributed by atoms with Crippen molar-refractivity contribution < 1.29 is 14.0 Å². The molecule has 2 N–H and O–H groups in total. The van der Waals surface area contributed by atoms with Crippen molar-refractivity contribution in [2.45, 2.75) is 26.8 Å². The molecule has 0 spiro atoms. The Hall–Kier alpha value is -2.89. The van der Waals surface area contributed by atoms with Crippen LogP contribution in [0, 0.1) is 11.7 Å². The molecule has 0 saturated heterocycles. The molecule has 0 aliphatic carbocycles. The Balaban J connectivity index is 1.94. The Morgan fingerprint density at radius 1 is 1.15 bits per heavy atom. The first-order valence-corrected chi connectivity index (χ1v) is 8.57. The van der Waals surface area contributed by atoms with Crippen LogP contribution >= 0.6 is 0 Å². The maximum Gasteiger partial charge on any atom is 0.321 e. The number of urea groups is 1. The van der Waals surface area contributed by atoms with Gasteiger partial charge >= 0.3 is 6.03 Å². The van der Waals surface area contributed by atoms with E-state index in [4.69, 9.17) is 0 Å². The fourth-order valence-corrected chi connectivity index (χ4v) is 2.29. The molecule has 1 atom stereocenters. The van der Waals surface area contributed by atoms with Gasteiger partial charge in [0.2, 0.25) is 5.91 Å². The van der Waals surface area contributed by atoms with Crippen LogP contribution in [-0.2, 0) is 11.3 Å². The molecule has 0 bridgehead atoms. The number of hydrogen-bond acceptors (Lipinski definition) is 2. The van der Waals surface area contributed by atoms with Gasteiger partial charge in [0.25, 0.3) is 0 Å². The molecule has 0 heterocycles. The van der Waals surface area contributed by atoms with Crippen molar-refractivity contribution in [2.24, 2.45) is 5.92 Å². The van der Waals surface area contributed by atoms with Gasteiger partial charge in [-0.25, -0.2) is 9.18 Å². The summed E-state index contributed by atoms with van der Waals surface area (Å²) in [4.78, 5) is 25.6. The number of anilines is 2. The number of halogens is 1.